The van der Waals surface area contributed by atoms with Crippen molar-refractivity contribution in [3.8, 4) is 0 Å². The SMILES string of the molecule is Cl.O=C(C[C@H]1OC[C@H]2CNCC[C@H]21)NCc1ccco1. The average molecular weight is 301 g/mol. The molecule has 112 valence electrons. The topological polar surface area (TPSA) is 63.5 Å². The molecule has 6 heteroatoms. The molecular weight excluding hydrogens is 280 g/mol. The van der Waals surface area contributed by atoms with E-state index in [-0.39, 0.29) is 24.4 Å². The van der Waals surface area contributed by atoms with Crippen molar-refractivity contribution in [2.45, 2.75) is 25.5 Å². The van der Waals surface area contributed by atoms with E-state index in [0.717, 1.165) is 31.9 Å². The van der Waals surface area contributed by atoms with Crippen LogP contribution in [0.1, 0.15) is 18.6 Å². The van der Waals surface area contributed by atoms with Gasteiger partial charge in [0.15, 0.2) is 0 Å². The number of nitrogens with one attached hydrogen (secondary N) is 2. The third-order valence-corrected chi connectivity index (χ3v) is 4.09. The fourth-order valence-corrected chi connectivity index (χ4v) is 3.05. The van der Waals surface area contributed by atoms with Crippen LogP contribution < -0.4 is 10.6 Å². The minimum Gasteiger partial charge on any atom is -0.467 e. The number of carbonyl (C=O) groups excluding carboxylic acids is 1. The van der Waals surface area contributed by atoms with Crippen LogP contribution in [0.25, 0.3) is 0 Å². The molecule has 20 heavy (non-hydrogen) atoms. The number of halogens is 1. The lowest BCUT2D eigenvalue weighted by molar-refractivity contribution is -0.124. The Hall–Kier alpha value is -1.04. The summed E-state index contributed by atoms with van der Waals surface area (Å²) in [4.78, 5) is 11.9. The number of fused-ring (bicyclic) bond motifs is 1. The van der Waals surface area contributed by atoms with Gasteiger partial charge in [-0.2, -0.15) is 0 Å². The standard InChI is InChI=1S/C14H20N2O3.ClH/c17-14(16-8-11-2-1-5-18-11)6-13-12-3-4-15-7-10(12)9-19-13;/h1-2,5,10,12-13,15H,3-4,6-9H2,(H,16,17);1H/t10-,12-,13-;/m1./s1. The lowest BCUT2D eigenvalue weighted by atomic mass is 9.84. The first-order chi connectivity index (χ1) is 9.33. The minimum atomic E-state index is 0. The van der Waals surface area contributed by atoms with Crippen molar-refractivity contribution in [3.05, 3.63) is 24.2 Å². The molecule has 0 unspecified atom stereocenters. The summed E-state index contributed by atoms with van der Waals surface area (Å²) in [6.07, 6.45) is 3.27. The van der Waals surface area contributed by atoms with Crippen molar-refractivity contribution in [1.82, 2.24) is 10.6 Å². The molecule has 2 fully saturated rings. The Labute approximate surface area is 124 Å². The molecule has 0 bridgehead atoms. The summed E-state index contributed by atoms with van der Waals surface area (Å²) in [5, 5.41) is 6.26. The van der Waals surface area contributed by atoms with Crippen molar-refractivity contribution in [3.63, 3.8) is 0 Å². The van der Waals surface area contributed by atoms with Crippen molar-refractivity contribution in [2.75, 3.05) is 19.7 Å². The van der Waals surface area contributed by atoms with Crippen LogP contribution in [0.2, 0.25) is 0 Å². The fourth-order valence-electron chi connectivity index (χ4n) is 3.05. The summed E-state index contributed by atoms with van der Waals surface area (Å²) in [6.45, 7) is 3.30. The number of carbonyl (C=O) groups is 1. The second-order valence-corrected chi connectivity index (χ2v) is 5.35. The number of ether oxygens (including phenoxy) is 1. The zero-order valence-corrected chi connectivity index (χ0v) is 12.2. The monoisotopic (exact) mass is 300 g/mol. The molecule has 0 aromatic carbocycles. The van der Waals surface area contributed by atoms with Gasteiger partial charge < -0.3 is 19.8 Å². The molecule has 0 radical (unpaired) electrons. The molecule has 1 aromatic heterocycles. The van der Waals surface area contributed by atoms with Gasteiger partial charge in [-0.25, -0.2) is 0 Å². The van der Waals surface area contributed by atoms with E-state index in [9.17, 15) is 4.79 Å². The van der Waals surface area contributed by atoms with Gasteiger partial charge in [-0.05, 0) is 31.0 Å². The van der Waals surface area contributed by atoms with Gasteiger partial charge >= 0.3 is 0 Å². The van der Waals surface area contributed by atoms with Crippen LogP contribution in [0.5, 0.6) is 0 Å². The van der Waals surface area contributed by atoms with Crippen molar-refractivity contribution < 1.29 is 13.9 Å². The molecule has 2 N–H and O–H groups in total. The first-order valence-electron chi connectivity index (χ1n) is 6.94. The maximum Gasteiger partial charge on any atom is 0.222 e. The number of furan rings is 1. The van der Waals surface area contributed by atoms with Crippen molar-refractivity contribution in [1.29, 1.82) is 0 Å². The minimum absolute atomic E-state index is 0. The molecule has 2 saturated heterocycles. The zero-order chi connectivity index (χ0) is 13.1. The molecule has 2 aliphatic heterocycles. The van der Waals surface area contributed by atoms with E-state index in [1.807, 2.05) is 12.1 Å². The van der Waals surface area contributed by atoms with E-state index in [2.05, 4.69) is 10.6 Å². The molecule has 3 heterocycles. The highest BCUT2D eigenvalue weighted by molar-refractivity contribution is 5.85. The Morgan fingerprint density at radius 3 is 3.20 bits per heavy atom. The summed E-state index contributed by atoms with van der Waals surface area (Å²) in [7, 11) is 0. The quantitative estimate of drug-likeness (QED) is 0.881. The van der Waals surface area contributed by atoms with Crippen LogP contribution in [-0.2, 0) is 16.1 Å². The molecule has 1 amide bonds. The van der Waals surface area contributed by atoms with Gasteiger partial charge in [0, 0.05) is 12.5 Å². The van der Waals surface area contributed by atoms with Crippen LogP contribution in [-0.4, -0.2) is 31.7 Å². The van der Waals surface area contributed by atoms with Gasteiger partial charge in [0.1, 0.15) is 5.76 Å². The van der Waals surface area contributed by atoms with E-state index in [1.54, 1.807) is 6.26 Å². The average Bonchev–Trinajstić information content (AvgIpc) is 3.07. The molecule has 1 aromatic rings. The van der Waals surface area contributed by atoms with Gasteiger partial charge in [0.05, 0.1) is 31.9 Å². The Morgan fingerprint density at radius 1 is 1.50 bits per heavy atom. The zero-order valence-electron chi connectivity index (χ0n) is 11.3. The van der Waals surface area contributed by atoms with Gasteiger partial charge in [-0.15, -0.1) is 12.4 Å². The lowest BCUT2D eigenvalue weighted by Crippen LogP contribution is -2.39. The van der Waals surface area contributed by atoms with Crippen LogP contribution >= 0.6 is 12.4 Å². The van der Waals surface area contributed by atoms with E-state index in [1.165, 1.54) is 0 Å². The number of hydrogen-bond acceptors (Lipinski definition) is 4. The van der Waals surface area contributed by atoms with E-state index >= 15 is 0 Å². The van der Waals surface area contributed by atoms with Gasteiger partial charge in [0.2, 0.25) is 5.91 Å². The van der Waals surface area contributed by atoms with Crippen molar-refractivity contribution in [2.24, 2.45) is 11.8 Å². The number of rotatable bonds is 4. The fraction of sp³-hybridized carbons (Fsp3) is 0.643. The first-order valence-corrected chi connectivity index (χ1v) is 6.94. The third kappa shape index (κ3) is 3.53. The van der Waals surface area contributed by atoms with E-state index in [4.69, 9.17) is 9.15 Å². The molecule has 0 saturated carbocycles. The van der Waals surface area contributed by atoms with Crippen LogP contribution in [0.4, 0.5) is 0 Å². The summed E-state index contributed by atoms with van der Waals surface area (Å²) in [5.41, 5.74) is 0. The molecule has 2 aliphatic rings. The molecule has 5 nitrogen and oxygen atoms in total. The number of hydrogen-bond donors (Lipinski definition) is 2. The Kier molecular flexibility index (Phi) is 5.46. The summed E-state index contributed by atoms with van der Waals surface area (Å²) >= 11 is 0. The largest absolute Gasteiger partial charge is 0.467 e. The highest BCUT2D eigenvalue weighted by Gasteiger charge is 2.39. The highest BCUT2D eigenvalue weighted by atomic mass is 35.5. The predicted molar refractivity (Wildman–Crippen MR) is 76.6 cm³/mol. The van der Waals surface area contributed by atoms with Crippen LogP contribution in [0.3, 0.4) is 0 Å². The summed E-state index contributed by atoms with van der Waals surface area (Å²) in [5.74, 6) is 1.94. The maximum atomic E-state index is 11.9. The molecule has 0 aliphatic carbocycles. The number of amides is 1. The number of piperidine rings is 1. The molecule has 3 rings (SSSR count). The third-order valence-electron chi connectivity index (χ3n) is 4.09. The normalized spacial score (nSPS) is 28.5. The van der Waals surface area contributed by atoms with Crippen LogP contribution in [0, 0.1) is 11.8 Å². The first kappa shape index (κ1) is 15.4. The van der Waals surface area contributed by atoms with Gasteiger partial charge in [-0.1, -0.05) is 0 Å². The summed E-state index contributed by atoms with van der Waals surface area (Å²) in [6, 6.07) is 3.68. The van der Waals surface area contributed by atoms with Crippen LogP contribution in [0.15, 0.2) is 22.8 Å². The smallest absolute Gasteiger partial charge is 0.222 e. The van der Waals surface area contributed by atoms with E-state index in [0.29, 0.717) is 24.8 Å². The highest BCUT2D eigenvalue weighted by Crippen LogP contribution is 2.33. The van der Waals surface area contributed by atoms with Gasteiger partial charge in [-0.3, -0.25) is 4.79 Å². The molecule has 3 atom stereocenters. The predicted octanol–water partition coefficient (Wildman–Crippen LogP) is 1.33. The Morgan fingerprint density at radius 2 is 2.40 bits per heavy atom. The maximum absolute atomic E-state index is 11.9. The Balaban J connectivity index is 0.00000147. The van der Waals surface area contributed by atoms with E-state index < -0.39 is 0 Å². The Bertz CT molecular complexity index is 424. The van der Waals surface area contributed by atoms with Crippen molar-refractivity contribution >= 4 is 18.3 Å². The lowest BCUT2D eigenvalue weighted by Gasteiger charge is -2.27. The molecular formula is C14H21ClN2O3. The second-order valence-electron chi connectivity index (χ2n) is 5.35. The molecule has 0 spiro atoms. The summed E-state index contributed by atoms with van der Waals surface area (Å²) < 4.78 is 11.0. The van der Waals surface area contributed by atoms with Gasteiger partial charge in [0.25, 0.3) is 0 Å². The second kappa shape index (κ2) is 7.11.